The van der Waals surface area contributed by atoms with Crippen LogP contribution in [0.15, 0.2) is 52.1 Å². The van der Waals surface area contributed by atoms with Gasteiger partial charge >= 0.3 is 5.69 Å². The number of fused-ring (bicyclic) bond motifs is 4. The normalized spacial score (nSPS) is 16.8. The first-order valence-corrected chi connectivity index (χ1v) is 8.67. The molecule has 2 N–H and O–H groups in total. The third-order valence-electron chi connectivity index (χ3n) is 5.07. The molecule has 136 valence electrons. The molecule has 0 amide bonds. The van der Waals surface area contributed by atoms with E-state index in [1.807, 2.05) is 47.4 Å². The quantitative estimate of drug-likeness (QED) is 0.528. The van der Waals surface area contributed by atoms with Crippen LogP contribution in [-0.4, -0.2) is 36.9 Å². The number of anilines is 2. The Labute approximate surface area is 152 Å². The monoisotopic (exact) mass is 363 g/mol. The van der Waals surface area contributed by atoms with Crippen LogP contribution in [0.2, 0.25) is 0 Å². The van der Waals surface area contributed by atoms with Gasteiger partial charge in [0.05, 0.1) is 24.9 Å². The maximum Gasteiger partial charge on any atom is 0.329 e. The molecule has 27 heavy (non-hydrogen) atoms. The van der Waals surface area contributed by atoms with Gasteiger partial charge in [0.1, 0.15) is 0 Å². The number of aryl methyl sites for hydroxylation is 1. The van der Waals surface area contributed by atoms with E-state index in [1.54, 1.807) is 11.6 Å². The second-order valence-corrected chi connectivity index (χ2v) is 6.78. The molecule has 2 aromatic heterocycles. The van der Waals surface area contributed by atoms with Crippen LogP contribution in [0, 0.1) is 0 Å². The standard InChI is InChI=1S/C19H17N5O3/c1-22-16-15(17(26)21-19(22)27)24-10-12(25)9-23(18(24)20-16)14-8-4-6-11-5-2-3-7-13(11)14/h2-8,12,25H,9-10H2,1H3,(H,21,26,27)/t12-/m0/s1. The number of rotatable bonds is 1. The number of imidazole rings is 1. The fraction of sp³-hybridized carbons (Fsp3) is 0.211. The Hall–Kier alpha value is -3.39. The Morgan fingerprint density at radius 3 is 2.74 bits per heavy atom. The number of hydrogen-bond donors (Lipinski definition) is 2. The summed E-state index contributed by atoms with van der Waals surface area (Å²) in [4.78, 5) is 33.2. The SMILES string of the molecule is Cn1c(=O)[nH]c(=O)c2c1nc1n2C[C@@H](O)CN1c1cccc2ccccc12. The second-order valence-electron chi connectivity index (χ2n) is 6.78. The van der Waals surface area contributed by atoms with E-state index in [9.17, 15) is 14.7 Å². The van der Waals surface area contributed by atoms with Crippen molar-refractivity contribution in [2.24, 2.45) is 7.05 Å². The maximum absolute atomic E-state index is 12.4. The minimum Gasteiger partial charge on any atom is -0.389 e. The summed E-state index contributed by atoms with van der Waals surface area (Å²) in [5.41, 5.74) is 0.470. The average Bonchev–Trinajstić information content (AvgIpc) is 3.05. The van der Waals surface area contributed by atoms with Crippen molar-refractivity contribution >= 4 is 33.6 Å². The van der Waals surface area contributed by atoms with Gasteiger partial charge in [-0.25, -0.2) is 4.79 Å². The van der Waals surface area contributed by atoms with Gasteiger partial charge in [-0.3, -0.25) is 14.3 Å². The Balaban J connectivity index is 1.84. The molecule has 5 rings (SSSR count). The highest BCUT2D eigenvalue weighted by atomic mass is 16.3. The molecule has 1 aliphatic heterocycles. The molecule has 8 heteroatoms. The van der Waals surface area contributed by atoms with E-state index in [1.165, 1.54) is 4.57 Å². The van der Waals surface area contributed by atoms with Gasteiger partial charge in [0.15, 0.2) is 11.2 Å². The first-order valence-electron chi connectivity index (χ1n) is 8.67. The van der Waals surface area contributed by atoms with Crippen LogP contribution in [0.1, 0.15) is 0 Å². The van der Waals surface area contributed by atoms with Crippen LogP contribution in [0.5, 0.6) is 0 Å². The molecule has 1 atom stereocenters. The van der Waals surface area contributed by atoms with Gasteiger partial charge in [-0.2, -0.15) is 4.98 Å². The average molecular weight is 363 g/mol. The van der Waals surface area contributed by atoms with E-state index in [2.05, 4.69) is 9.97 Å². The number of H-pyrrole nitrogens is 1. The summed E-state index contributed by atoms with van der Waals surface area (Å²) < 4.78 is 3.00. The molecule has 1 aliphatic rings. The topological polar surface area (TPSA) is 96.2 Å². The van der Waals surface area contributed by atoms with Gasteiger partial charge in [0.25, 0.3) is 5.56 Å². The van der Waals surface area contributed by atoms with Crippen molar-refractivity contribution < 1.29 is 5.11 Å². The number of nitrogens with one attached hydrogen (secondary N) is 1. The van der Waals surface area contributed by atoms with Crippen molar-refractivity contribution in [1.29, 1.82) is 0 Å². The van der Waals surface area contributed by atoms with Crippen molar-refractivity contribution in [2.45, 2.75) is 12.6 Å². The summed E-state index contributed by atoms with van der Waals surface area (Å²) in [7, 11) is 1.57. The van der Waals surface area contributed by atoms with E-state index in [4.69, 9.17) is 0 Å². The zero-order chi connectivity index (χ0) is 18.7. The van der Waals surface area contributed by atoms with E-state index < -0.39 is 17.4 Å². The molecular weight excluding hydrogens is 346 g/mol. The number of aliphatic hydroxyl groups is 1. The minimum atomic E-state index is -0.675. The van der Waals surface area contributed by atoms with Gasteiger partial charge in [-0.05, 0) is 11.5 Å². The molecule has 3 heterocycles. The van der Waals surface area contributed by atoms with Crippen LogP contribution >= 0.6 is 0 Å². The smallest absolute Gasteiger partial charge is 0.329 e. The van der Waals surface area contributed by atoms with Crippen molar-refractivity contribution in [3.8, 4) is 0 Å². The number of aliphatic hydroxyl groups excluding tert-OH is 1. The summed E-state index contributed by atoms with van der Waals surface area (Å²) in [6.07, 6.45) is -0.675. The summed E-state index contributed by atoms with van der Waals surface area (Å²) in [5.74, 6) is 0.540. The lowest BCUT2D eigenvalue weighted by Gasteiger charge is -2.32. The molecule has 8 nitrogen and oxygen atoms in total. The molecular formula is C19H17N5O3. The molecule has 0 fully saturated rings. The van der Waals surface area contributed by atoms with Gasteiger partial charge in [0, 0.05) is 12.4 Å². The lowest BCUT2D eigenvalue weighted by Crippen LogP contribution is -2.39. The number of benzene rings is 2. The van der Waals surface area contributed by atoms with E-state index >= 15 is 0 Å². The lowest BCUT2D eigenvalue weighted by molar-refractivity contribution is 0.154. The predicted molar refractivity (Wildman–Crippen MR) is 103 cm³/mol. The summed E-state index contributed by atoms with van der Waals surface area (Å²) >= 11 is 0. The largest absolute Gasteiger partial charge is 0.389 e. The van der Waals surface area contributed by atoms with Crippen LogP contribution in [0.4, 0.5) is 11.6 Å². The predicted octanol–water partition coefficient (Wildman–Crippen LogP) is 1.09. The molecule has 0 spiro atoms. The highest BCUT2D eigenvalue weighted by Crippen LogP contribution is 2.35. The van der Waals surface area contributed by atoms with Crippen LogP contribution in [-0.2, 0) is 13.6 Å². The first-order chi connectivity index (χ1) is 13.0. The number of β-amino-alcohol motifs (C(OH)–C–C–N with tert-alkyl or cyclic N) is 1. The zero-order valence-corrected chi connectivity index (χ0v) is 14.6. The summed E-state index contributed by atoms with van der Waals surface area (Å²) in [6.45, 7) is 0.595. The molecule has 4 aromatic rings. The Bertz CT molecular complexity index is 1310. The van der Waals surface area contributed by atoms with Crippen LogP contribution < -0.4 is 16.1 Å². The first kappa shape index (κ1) is 15.8. The van der Waals surface area contributed by atoms with Crippen LogP contribution in [0.3, 0.4) is 0 Å². The number of nitrogens with zero attached hydrogens (tertiary/aromatic N) is 4. The third kappa shape index (κ3) is 2.23. The minimum absolute atomic E-state index is 0.244. The number of aromatic nitrogens is 4. The molecule has 0 unspecified atom stereocenters. The fourth-order valence-corrected chi connectivity index (χ4v) is 3.81. The molecule has 0 bridgehead atoms. The zero-order valence-electron chi connectivity index (χ0n) is 14.6. The van der Waals surface area contributed by atoms with Crippen molar-refractivity contribution in [2.75, 3.05) is 11.4 Å². The van der Waals surface area contributed by atoms with Crippen molar-refractivity contribution in [3.05, 3.63) is 63.3 Å². The molecule has 0 saturated heterocycles. The lowest BCUT2D eigenvalue weighted by atomic mass is 10.1. The van der Waals surface area contributed by atoms with E-state index in [-0.39, 0.29) is 12.1 Å². The number of hydrogen-bond acceptors (Lipinski definition) is 5. The van der Waals surface area contributed by atoms with Gasteiger partial charge in [-0.15, -0.1) is 0 Å². The number of aromatic amines is 1. The maximum atomic E-state index is 12.4. The van der Waals surface area contributed by atoms with E-state index in [0.29, 0.717) is 18.1 Å². The highest BCUT2D eigenvalue weighted by molar-refractivity contribution is 5.96. The van der Waals surface area contributed by atoms with E-state index in [0.717, 1.165) is 16.5 Å². The molecule has 2 aromatic carbocycles. The Kier molecular flexibility index (Phi) is 3.26. The molecule has 0 saturated carbocycles. The molecule has 0 radical (unpaired) electrons. The molecule has 0 aliphatic carbocycles. The fourth-order valence-electron chi connectivity index (χ4n) is 3.81. The van der Waals surface area contributed by atoms with Gasteiger partial charge in [0.2, 0.25) is 5.95 Å². The Morgan fingerprint density at radius 1 is 1.11 bits per heavy atom. The highest BCUT2D eigenvalue weighted by Gasteiger charge is 2.30. The van der Waals surface area contributed by atoms with Gasteiger partial charge in [-0.1, -0.05) is 36.4 Å². The van der Waals surface area contributed by atoms with Crippen LogP contribution in [0.25, 0.3) is 21.9 Å². The Morgan fingerprint density at radius 2 is 1.89 bits per heavy atom. The second kappa shape index (κ2) is 5.55. The summed E-state index contributed by atoms with van der Waals surface area (Å²) in [5, 5.41) is 12.6. The third-order valence-corrected chi connectivity index (χ3v) is 5.07. The van der Waals surface area contributed by atoms with Gasteiger partial charge < -0.3 is 14.6 Å². The summed E-state index contributed by atoms with van der Waals surface area (Å²) in [6, 6.07) is 13.9. The van der Waals surface area contributed by atoms with Crippen molar-refractivity contribution in [1.82, 2.24) is 19.1 Å². The van der Waals surface area contributed by atoms with Crippen molar-refractivity contribution in [3.63, 3.8) is 0 Å².